The summed E-state index contributed by atoms with van der Waals surface area (Å²) in [5.41, 5.74) is -2.43. The van der Waals surface area contributed by atoms with E-state index in [0.717, 1.165) is 6.07 Å². The van der Waals surface area contributed by atoms with E-state index in [4.69, 9.17) is 9.47 Å². The van der Waals surface area contributed by atoms with Crippen molar-refractivity contribution in [3.8, 4) is 0 Å². The minimum absolute atomic E-state index is 0.0122. The number of rotatable bonds is 6. The maximum Gasteiger partial charge on any atom is 0.416 e. The van der Waals surface area contributed by atoms with Gasteiger partial charge >= 0.3 is 12.1 Å². The van der Waals surface area contributed by atoms with Gasteiger partial charge in [0.2, 0.25) is 11.6 Å². The van der Waals surface area contributed by atoms with Gasteiger partial charge < -0.3 is 14.4 Å². The van der Waals surface area contributed by atoms with E-state index in [1.54, 1.807) is 24.3 Å². The summed E-state index contributed by atoms with van der Waals surface area (Å²) < 4.78 is 50.5. The zero-order chi connectivity index (χ0) is 23.8. The zero-order valence-electron chi connectivity index (χ0n) is 17.7. The molecule has 0 aromatic heterocycles. The van der Waals surface area contributed by atoms with Crippen LogP contribution in [-0.4, -0.2) is 48.6 Å². The Morgan fingerprint density at radius 1 is 1.09 bits per heavy atom. The fraction of sp³-hybridized carbons (Fsp3) is 0.348. The Morgan fingerprint density at radius 2 is 1.79 bits per heavy atom. The lowest BCUT2D eigenvalue weighted by atomic mass is 9.96. The van der Waals surface area contributed by atoms with Crippen LogP contribution in [0.3, 0.4) is 0 Å². The lowest BCUT2D eigenvalue weighted by Crippen LogP contribution is -2.68. The molecule has 0 spiro atoms. The molecule has 2 aromatic carbocycles. The van der Waals surface area contributed by atoms with Gasteiger partial charge in [-0.3, -0.25) is 14.5 Å². The first-order valence-corrected chi connectivity index (χ1v) is 10.3. The van der Waals surface area contributed by atoms with Gasteiger partial charge in [0.15, 0.2) is 0 Å². The third-order valence-electron chi connectivity index (χ3n) is 5.90. The van der Waals surface area contributed by atoms with Gasteiger partial charge in [-0.05, 0) is 18.2 Å². The Balaban J connectivity index is 1.73. The van der Waals surface area contributed by atoms with Gasteiger partial charge in [0, 0.05) is 32.1 Å². The number of para-hydroxylation sites is 1. The van der Waals surface area contributed by atoms with Crippen molar-refractivity contribution in [2.75, 3.05) is 25.2 Å². The number of alkyl halides is 3. The topological polar surface area (TPSA) is 76.2 Å². The summed E-state index contributed by atoms with van der Waals surface area (Å²) in [6.07, 6.45) is -4.70. The third-order valence-corrected chi connectivity index (χ3v) is 5.90. The van der Waals surface area contributed by atoms with E-state index in [1.165, 1.54) is 35.1 Å². The highest BCUT2D eigenvalue weighted by Crippen LogP contribution is 2.45. The summed E-state index contributed by atoms with van der Waals surface area (Å²) >= 11 is 0. The van der Waals surface area contributed by atoms with Gasteiger partial charge in [0.05, 0.1) is 23.4 Å². The summed E-state index contributed by atoms with van der Waals surface area (Å²) in [4.78, 5) is 42.1. The molecular formula is C23H21F3N2O5. The van der Waals surface area contributed by atoms with Crippen molar-refractivity contribution < 1.29 is 37.0 Å². The molecule has 1 fully saturated rings. The number of carbonyl (C=O) groups excluding carboxylic acids is 3. The van der Waals surface area contributed by atoms with E-state index in [-0.39, 0.29) is 48.7 Å². The van der Waals surface area contributed by atoms with Crippen LogP contribution in [0.5, 0.6) is 0 Å². The molecule has 4 rings (SSSR count). The van der Waals surface area contributed by atoms with Crippen molar-refractivity contribution in [2.24, 2.45) is 0 Å². The highest BCUT2D eigenvalue weighted by Gasteiger charge is 2.61. The molecule has 1 atom stereocenters. The number of carbonyl (C=O) groups is 3. The lowest BCUT2D eigenvalue weighted by molar-refractivity contribution is -0.160. The average Bonchev–Trinajstić information content (AvgIpc) is 3.15. The molecule has 0 bridgehead atoms. The minimum Gasteiger partial charge on any atom is -0.458 e. The van der Waals surface area contributed by atoms with Crippen molar-refractivity contribution in [2.45, 2.75) is 31.3 Å². The molecule has 10 heteroatoms. The van der Waals surface area contributed by atoms with Gasteiger partial charge in [-0.15, -0.1) is 0 Å². The molecule has 7 nitrogen and oxygen atoms in total. The highest BCUT2D eigenvalue weighted by molar-refractivity contribution is 6.15. The van der Waals surface area contributed by atoms with Gasteiger partial charge in [0.25, 0.3) is 5.91 Å². The molecule has 2 heterocycles. The van der Waals surface area contributed by atoms with Crippen molar-refractivity contribution in [3.05, 3.63) is 65.2 Å². The van der Waals surface area contributed by atoms with Crippen LogP contribution in [0.4, 0.5) is 18.9 Å². The van der Waals surface area contributed by atoms with Gasteiger partial charge in [-0.1, -0.05) is 30.3 Å². The molecule has 174 valence electrons. The van der Waals surface area contributed by atoms with E-state index in [2.05, 4.69) is 0 Å². The Kier molecular flexibility index (Phi) is 5.87. The maximum atomic E-state index is 13.5. The van der Waals surface area contributed by atoms with Crippen LogP contribution in [0.25, 0.3) is 0 Å². The lowest BCUT2D eigenvalue weighted by Gasteiger charge is -2.48. The normalized spacial score (nSPS) is 20.0. The second-order valence-corrected chi connectivity index (χ2v) is 7.74. The second-order valence-electron chi connectivity index (χ2n) is 7.74. The number of ether oxygens (including phenoxy) is 2. The number of esters is 1. The molecule has 1 unspecified atom stereocenters. The quantitative estimate of drug-likeness (QED) is 0.616. The number of anilines is 1. The van der Waals surface area contributed by atoms with Gasteiger partial charge in [-0.25, -0.2) is 4.79 Å². The largest absolute Gasteiger partial charge is 0.458 e. The fourth-order valence-corrected chi connectivity index (χ4v) is 4.42. The van der Waals surface area contributed by atoms with Crippen LogP contribution in [0.15, 0.2) is 48.5 Å². The molecule has 0 saturated carbocycles. The number of benzene rings is 2. The van der Waals surface area contributed by atoms with E-state index >= 15 is 0 Å². The highest BCUT2D eigenvalue weighted by atomic mass is 19.4. The van der Waals surface area contributed by atoms with Crippen LogP contribution >= 0.6 is 0 Å². The Morgan fingerprint density at radius 3 is 2.52 bits per heavy atom. The predicted octanol–water partition coefficient (Wildman–Crippen LogP) is 3.37. The summed E-state index contributed by atoms with van der Waals surface area (Å²) in [6.45, 7) is -0.587. The molecule has 2 aliphatic rings. The number of fused-ring (bicyclic) bond motifs is 3. The van der Waals surface area contributed by atoms with E-state index < -0.39 is 35.9 Å². The standard InChI is InChI=1S/C23H21F3N2O5/c1-32-13-12-27-20(30)16-7-3-5-9-18(16)28-19(29)10-11-22(27,28)21(31)33-14-15-6-2-4-8-17(15)23(24,25)26/h2-9H,10-14H2,1H3. The van der Waals surface area contributed by atoms with Gasteiger partial charge in [0.1, 0.15) is 6.61 Å². The Bertz CT molecular complexity index is 1100. The monoisotopic (exact) mass is 462 g/mol. The number of nitrogens with zero attached hydrogens (tertiary/aromatic N) is 2. The van der Waals surface area contributed by atoms with E-state index in [1.807, 2.05) is 0 Å². The number of halogens is 3. The van der Waals surface area contributed by atoms with Crippen LogP contribution in [0.1, 0.15) is 34.3 Å². The molecule has 33 heavy (non-hydrogen) atoms. The predicted molar refractivity (Wildman–Crippen MR) is 110 cm³/mol. The molecule has 0 aliphatic carbocycles. The van der Waals surface area contributed by atoms with Crippen molar-refractivity contribution in [3.63, 3.8) is 0 Å². The molecule has 1 saturated heterocycles. The smallest absolute Gasteiger partial charge is 0.416 e. The summed E-state index contributed by atoms with van der Waals surface area (Å²) in [6, 6.07) is 11.2. The SMILES string of the molecule is COCCN1C(=O)c2ccccc2N2C(=O)CCC12C(=O)OCc1ccccc1C(F)(F)F. The van der Waals surface area contributed by atoms with Crippen molar-refractivity contribution in [1.82, 2.24) is 4.90 Å². The fourth-order valence-electron chi connectivity index (χ4n) is 4.42. The summed E-state index contributed by atoms with van der Waals surface area (Å²) in [5.74, 6) is -1.84. The second kappa shape index (κ2) is 8.51. The number of methoxy groups -OCH3 is 1. The van der Waals surface area contributed by atoms with Crippen LogP contribution in [0.2, 0.25) is 0 Å². The summed E-state index contributed by atoms with van der Waals surface area (Å²) in [7, 11) is 1.43. The Labute approximate surface area is 187 Å². The first-order chi connectivity index (χ1) is 15.7. The Hall–Kier alpha value is -3.40. The average molecular weight is 462 g/mol. The first-order valence-electron chi connectivity index (χ1n) is 10.3. The minimum atomic E-state index is -4.62. The van der Waals surface area contributed by atoms with Gasteiger partial charge in [-0.2, -0.15) is 13.2 Å². The molecule has 2 aliphatic heterocycles. The van der Waals surface area contributed by atoms with Crippen molar-refractivity contribution in [1.29, 1.82) is 0 Å². The number of hydrogen-bond donors (Lipinski definition) is 0. The van der Waals surface area contributed by atoms with E-state index in [0.29, 0.717) is 0 Å². The molecule has 2 aromatic rings. The maximum absolute atomic E-state index is 13.5. The third kappa shape index (κ3) is 3.74. The first kappa shape index (κ1) is 22.8. The molecule has 0 N–H and O–H groups in total. The molecular weight excluding hydrogens is 441 g/mol. The van der Waals surface area contributed by atoms with Crippen LogP contribution in [-0.2, 0) is 31.8 Å². The molecule has 2 amide bonds. The molecule has 0 radical (unpaired) electrons. The number of amides is 2. The summed E-state index contributed by atoms with van der Waals surface area (Å²) in [5, 5.41) is 0. The van der Waals surface area contributed by atoms with Crippen LogP contribution in [0, 0.1) is 0 Å². The number of hydrogen-bond acceptors (Lipinski definition) is 5. The van der Waals surface area contributed by atoms with E-state index in [9.17, 15) is 27.6 Å². The zero-order valence-corrected chi connectivity index (χ0v) is 17.7. The van der Waals surface area contributed by atoms with Crippen LogP contribution < -0.4 is 4.90 Å². The van der Waals surface area contributed by atoms with Crippen molar-refractivity contribution >= 4 is 23.5 Å².